The van der Waals surface area contributed by atoms with Gasteiger partial charge in [0.2, 0.25) is 0 Å². The molecule has 64 valence electrons. The van der Waals surface area contributed by atoms with Crippen LogP contribution in [0.5, 0.6) is 0 Å². The second kappa shape index (κ2) is 6.19. The van der Waals surface area contributed by atoms with Crippen LogP contribution >= 0.6 is 11.6 Å². The third-order valence-corrected chi connectivity index (χ3v) is 1.26. The van der Waals surface area contributed by atoms with Crippen molar-refractivity contribution in [3.63, 3.8) is 0 Å². The molecule has 1 N–H and O–H groups in total. The van der Waals surface area contributed by atoms with Crippen molar-refractivity contribution in [1.82, 2.24) is 0 Å². The van der Waals surface area contributed by atoms with E-state index in [1.54, 1.807) is 0 Å². The van der Waals surface area contributed by atoms with E-state index in [1.807, 2.05) is 6.92 Å². The number of hydrogen-bond donors (Lipinski definition) is 1. The molecule has 11 heavy (non-hydrogen) atoms. The molecule has 0 amide bonds. The summed E-state index contributed by atoms with van der Waals surface area (Å²) in [5.74, 6) is -0.552. The highest BCUT2D eigenvalue weighted by Gasteiger charge is 2.07. The standard InChI is InChI=1S/C7H11ClO3/c1-2-3-11-7(10)6(4-8)5-9/h4,9H,2-3,5H2,1H3. The molecular weight excluding hydrogens is 168 g/mol. The molecule has 0 atom stereocenters. The first-order valence-corrected chi connectivity index (χ1v) is 3.77. The molecule has 0 heterocycles. The fourth-order valence-corrected chi connectivity index (χ4v) is 0.589. The Morgan fingerprint density at radius 2 is 2.36 bits per heavy atom. The number of esters is 1. The smallest absolute Gasteiger partial charge is 0.337 e. The molecule has 3 nitrogen and oxygen atoms in total. The van der Waals surface area contributed by atoms with Gasteiger partial charge in [0.25, 0.3) is 0 Å². The summed E-state index contributed by atoms with van der Waals surface area (Å²) in [5, 5.41) is 8.54. The zero-order valence-electron chi connectivity index (χ0n) is 6.34. The van der Waals surface area contributed by atoms with Crippen LogP contribution in [0.25, 0.3) is 0 Å². The van der Waals surface area contributed by atoms with Crippen molar-refractivity contribution in [2.45, 2.75) is 13.3 Å². The van der Waals surface area contributed by atoms with Crippen molar-refractivity contribution in [3.05, 3.63) is 11.1 Å². The largest absolute Gasteiger partial charge is 0.462 e. The van der Waals surface area contributed by atoms with E-state index in [1.165, 1.54) is 0 Å². The molecule has 0 saturated heterocycles. The molecule has 0 bridgehead atoms. The lowest BCUT2D eigenvalue weighted by atomic mass is 10.3. The van der Waals surface area contributed by atoms with Gasteiger partial charge in [0, 0.05) is 5.54 Å². The number of carbonyl (C=O) groups excluding carboxylic acids is 1. The topological polar surface area (TPSA) is 46.5 Å². The number of hydrogen-bond acceptors (Lipinski definition) is 3. The number of rotatable bonds is 4. The molecule has 0 radical (unpaired) electrons. The zero-order chi connectivity index (χ0) is 8.69. The van der Waals surface area contributed by atoms with Crippen molar-refractivity contribution < 1.29 is 14.6 Å². The predicted molar refractivity (Wildman–Crippen MR) is 42.3 cm³/mol. The summed E-state index contributed by atoms with van der Waals surface area (Å²) in [6.45, 7) is 1.86. The van der Waals surface area contributed by atoms with Crippen LogP contribution in [0, 0.1) is 0 Å². The molecule has 0 aromatic heterocycles. The summed E-state index contributed by atoms with van der Waals surface area (Å²) in [5.41, 5.74) is 1.11. The molecule has 0 rings (SSSR count). The van der Waals surface area contributed by atoms with E-state index in [0.29, 0.717) is 6.61 Å². The predicted octanol–water partition coefficient (Wildman–Crippen LogP) is 1.05. The van der Waals surface area contributed by atoms with Crippen molar-refractivity contribution in [2.75, 3.05) is 13.2 Å². The van der Waals surface area contributed by atoms with Gasteiger partial charge in [-0.25, -0.2) is 4.79 Å². The SMILES string of the molecule is CCCOC(=O)C(=CCl)CO. The van der Waals surface area contributed by atoms with Crippen LogP contribution in [0.2, 0.25) is 0 Å². The van der Waals surface area contributed by atoms with Gasteiger partial charge < -0.3 is 9.84 Å². The number of aliphatic hydroxyl groups is 1. The van der Waals surface area contributed by atoms with Crippen LogP contribution in [-0.2, 0) is 9.53 Å². The minimum absolute atomic E-state index is 0.0834. The van der Waals surface area contributed by atoms with Crippen LogP contribution < -0.4 is 0 Å². The summed E-state index contributed by atoms with van der Waals surface area (Å²) in [7, 11) is 0. The summed E-state index contributed by atoms with van der Waals surface area (Å²) < 4.78 is 4.68. The Bertz CT molecular complexity index is 154. The Kier molecular flexibility index (Phi) is 5.88. The Morgan fingerprint density at radius 1 is 1.73 bits per heavy atom. The molecular formula is C7H11ClO3. The Labute approximate surface area is 70.6 Å². The Morgan fingerprint density at radius 3 is 2.73 bits per heavy atom. The average Bonchev–Trinajstić information content (AvgIpc) is 2.03. The molecule has 0 saturated carbocycles. The van der Waals surface area contributed by atoms with Crippen molar-refractivity contribution in [3.8, 4) is 0 Å². The third kappa shape index (κ3) is 4.01. The number of halogens is 1. The fraction of sp³-hybridized carbons (Fsp3) is 0.571. The second-order valence-electron chi connectivity index (χ2n) is 1.93. The highest BCUT2D eigenvalue weighted by molar-refractivity contribution is 6.27. The van der Waals surface area contributed by atoms with Crippen molar-refractivity contribution in [1.29, 1.82) is 0 Å². The molecule has 0 spiro atoms. The lowest BCUT2D eigenvalue weighted by molar-refractivity contribution is -0.139. The highest BCUT2D eigenvalue weighted by Crippen LogP contribution is 1.99. The van der Waals surface area contributed by atoms with Gasteiger partial charge in [-0.1, -0.05) is 18.5 Å². The van der Waals surface area contributed by atoms with Crippen LogP contribution in [-0.4, -0.2) is 24.3 Å². The van der Waals surface area contributed by atoms with E-state index in [2.05, 4.69) is 4.74 Å². The van der Waals surface area contributed by atoms with Crippen LogP contribution in [0.15, 0.2) is 11.1 Å². The molecule has 0 unspecified atom stereocenters. The summed E-state index contributed by atoms with van der Waals surface area (Å²) in [6.07, 6.45) is 0.757. The van der Waals surface area contributed by atoms with Gasteiger partial charge in [0.05, 0.1) is 18.8 Å². The van der Waals surface area contributed by atoms with E-state index < -0.39 is 5.97 Å². The normalized spacial score (nSPS) is 11.4. The first kappa shape index (κ1) is 10.5. The quantitative estimate of drug-likeness (QED) is 0.517. The van der Waals surface area contributed by atoms with E-state index >= 15 is 0 Å². The van der Waals surface area contributed by atoms with Gasteiger partial charge in [-0.05, 0) is 6.42 Å². The fourth-order valence-electron chi connectivity index (χ4n) is 0.431. The van der Waals surface area contributed by atoms with Crippen molar-refractivity contribution >= 4 is 17.6 Å². The maximum absolute atomic E-state index is 10.8. The summed E-state index contributed by atoms with van der Waals surface area (Å²) >= 11 is 5.22. The van der Waals surface area contributed by atoms with Gasteiger partial charge in [-0.3, -0.25) is 0 Å². The molecule has 0 fully saturated rings. The maximum atomic E-state index is 10.8. The lowest BCUT2D eigenvalue weighted by Gasteiger charge is -2.02. The second-order valence-corrected chi connectivity index (χ2v) is 2.15. The first-order valence-electron chi connectivity index (χ1n) is 3.33. The molecule has 0 aliphatic heterocycles. The lowest BCUT2D eigenvalue weighted by Crippen LogP contribution is -2.10. The van der Waals surface area contributed by atoms with Gasteiger partial charge in [-0.15, -0.1) is 0 Å². The van der Waals surface area contributed by atoms with Gasteiger partial charge >= 0.3 is 5.97 Å². The van der Waals surface area contributed by atoms with Gasteiger partial charge in [0.15, 0.2) is 0 Å². The van der Waals surface area contributed by atoms with Crippen LogP contribution in [0.4, 0.5) is 0 Å². The first-order chi connectivity index (χ1) is 5.26. The minimum atomic E-state index is -0.552. The number of carbonyl (C=O) groups is 1. The Hall–Kier alpha value is -0.540. The molecule has 0 aromatic carbocycles. The van der Waals surface area contributed by atoms with E-state index in [-0.39, 0.29) is 12.2 Å². The highest BCUT2D eigenvalue weighted by atomic mass is 35.5. The van der Waals surface area contributed by atoms with Crippen LogP contribution in [0.3, 0.4) is 0 Å². The van der Waals surface area contributed by atoms with Gasteiger partial charge in [0.1, 0.15) is 0 Å². The summed E-state index contributed by atoms with van der Waals surface area (Å²) in [4.78, 5) is 10.8. The minimum Gasteiger partial charge on any atom is -0.462 e. The zero-order valence-corrected chi connectivity index (χ0v) is 7.10. The van der Waals surface area contributed by atoms with Crippen LogP contribution in [0.1, 0.15) is 13.3 Å². The van der Waals surface area contributed by atoms with E-state index in [4.69, 9.17) is 16.7 Å². The Balaban J connectivity index is 3.81. The van der Waals surface area contributed by atoms with E-state index in [0.717, 1.165) is 12.0 Å². The number of ether oxygens (including phenoxy) is 1. The summed E-state index contributed by atoms with van der Waals surface area (Å²) in [6, 6.07) is 0. The van der Waals surface area contributed by atoms with Gasteiger partial charge in [-0.2, -0.15) is 0 Å². The molecule has 0 aliphatic carbocycles. The maximum Gasteiger partial charge on any atom is 0.337 e. The average molecular weight is 179 g/mol. The monoisotopic (exact) mass is 178 g/mol. The van der Waals surface area contributed by atoms with E-state index in [9.17, 15) is 4.79 Å². The molecule has 0 aliphatic rings. The van der Waals surface area contributed by atoms with Crippen molar-refractivity contribution in [2.24, 2.45) is 0 Å². The number of aliphatic hydroxyl groups excluding tert-OH is 1. The molecule has 4 heteroatoms. The third-order valence-electron chi connectivity index (χ3n) is 1.00. The molecule has 0 aromatic rings.